The Balaban J connectivity index is 1.60. The molecule has 1 aliphatic heterocycles. The number of likely N-dealkylation sites (tertiary alicyclic amines) is 1. The average Bonchev–Trinajstić information content (AvgIpc) is 2.81. The summed E-state index contributed by atoms with van der Waals surface area (Å²) in [4.78, 5) is 14.9. The van der Waals surface area contributed by atoms with E-state index in [1.807, 2.05) is 25.1 Å². The zero-order valence-corrected chi connectivity index (χ0v) is 18.8. The monoisotopic (exact) mass is 450 g/mol. The minimum atomic E-state index is -3.93. The van der Waals surface area contributed by atoms with Crippen molar-refractivity contribution in [3.63, 3.8) is 0 Å². The molecule has 0 bridgehead atoms. The molecular formula is C25H26N2O4S. The second-order valence-electron chi connectivity index (χ2n) is 7.85. The van der Waals surface area contributed by atoms with Crippen LogP contribution in [-0.2, 0) is 10.0 Å². The normalized spacial score (nSPS) is 14.1. The van der Waals surface area contributed by atoms with Gasteiger partial charge in [-0.2, -0.15) is 0 Å². The predicted octanol–water partition coefficient (Wildman–Crippen LogP) is 5.21. The lowest BCUT2D eigenvalue weighted by Crippen LogP contribution is -2.36. The molecule has 7 heteroatoms. The fourth-order valence-corrected chi connectivity index (χ4v) is 4.82. The van der Waals surface area contributed by atoms with E-state index in [9.17, 15) is 13.2 Å². The summed E-state index contributed by atoms with van der Waals surface area (Å²) in [6.07, 6.45) is 3.07. The van der Waals surface area contributed by atoms with E-state index in [-0.39, 0.29) is 10.8 Å². The molecule has 3 aromatic rings. The van der Waals surface area contributed by atoms with Gasteiger partial charge in [0.2, 0.25) is 0 Å². The molecule has 1 fully saturated rings. The lowest BCUT2D eigenvalue weighted by Gasteiger charge is -2.27. The van der Waals surface area contributed by atoms with Gasteiger partial charge in [0.05, 0.1) is 10.6 Å². The topological polar surface area (TPSA) is 75.7 Å². The molecule has 32 heavy (non-hydrogen) atoms. The zero-order chi connectivity index (χ0) is 22.6. The van der Waals surface area contributed by atoms with Crippen LogP contribution >= 0.6 is 0 Å². The maximum atomic E-state index is 13.2. The number of para-hydroxylation sites is 3. The van der Waals surface area contributed by atoms with Gasteiger partial charge >= 0.3 is 0 Å². The van der Waals surface area contributed by atoms with Gasteiger partial charge in [0.1, 0.15) is 5.75 Å². The van der Waals surface area contributed by atoms with E-state index < -0.39 is 10.0 Å². The number of hydrogen-bond donors (Lipinski definition) is 1. The molecule has 0 aromatic heterocycles. The third kappa shape index (κ3) is 4.94. The minimum absolute atomic E-state index is 0.0398. The molecule has 1 aliphatic rings. The van der Waals surface area contributed by atoms with Gasteiger partial charge in [-0.05, 0) is 68.1 Å². The molecule has 3 aromatic carbocycles. The van der Waals surface area contributed by atoms with Crippen molar-refractivity contribution in [3.05, 3.63) is 83.9 Å². The maximum Gasteiger partial charge on any atom is 0.262 e. The zero-order valence-electron chi connectivity index (χ0n) is 18.0. The Labute approximate surface area is 188 Å². The van der Waals surface area contributed by atoms with Gasteiger partial charge in [-0.3, -0.25) is 9.52 Å². The molecular weight excluding hydrogens is 424 g/mol. The Morgan fingerprint density at radius 1 is 0.906 bits per heavy atom. The summed E-state index contributed by atoms with van der Waals surface area (Å²) in [5.41, 5.74) is 1.50. The molecule has 1 heterocycles. The van der Waals surface area contributed by atoms with Crippen molar-refractivity contribution < 1.29 is 17.9 Å². The summed E-state index contributed by atoms with van der Waals surface area (Å²) in [5, 5.41) is 0. The minimum Gasteiger partial charge on any atom is -0.455 e. The summed E-state index contributed by atoms with van der Waals surface area (Å²) in [6, 6.07) is 20.7. The highest BCUT2D eigenvalue weighted by atomic mass is 32.2. The molecule has 1 amide bonds. The van der Waals surface area contributed by atoms with Gasteiger partial charge in [0.25, 0.3) is 15.9 Å². The molecule has 0 radical (unpaired) electrons. The van der Waals surface area contributed by atoms with Gasteiger partial charge in [-0.25, -0.2) is 8.42 Å². The summed E-state index contributed by atoms with van der Waals surface area (Å²) < 4.78 is 34.8. The van der Waals surface area contributed by atoms with Crippen molar-refractivity contribution in [2.24, 2.45) is 0 Å². The number of aryl methyl sites for hydroxylation is 1. The standard InChI is InChI=1S/C25H26N2O4S/c1-19-14-15-21(18-22(19)25(28)27-16-8-3-9-17-27)32(29,30)26-23-12-6-7-13-24(23)31-20-10-4-2-5-11-20/h2,4-7,10-15,18,26H,3,8-9,16-17H2,1H3. The molecule has 0 atom stereocenters. The van der Waals surface area contributed by atoms with E-state index >= 15 is 0 Å². The maximum absolute atomic E-state index is 13.2. The highest BCUT2D eigenvalue weighted by Crippen LogP contribution is 2.31. The highest BCUT2D eigenvalue weighted by molar-refractivity contribution is 7.92. The lowest BCUT2D eigenvalue weighted by molar-refractivity contribution is 0.0723. The number of piperidine rings is 1. The fourth-order valence-electron chi connectivity index (χ4n) is 3.73. The smallest absolute Gasteiger partial charge is 0.262 e. The first-order valence-electron chi connectivity index (χ1n) is 10.7. The number of ether oxygens (including phenoxy) is 1. The Morgan fingerprint density at radius 3 is 2.34 bits per heavy atom. The van der Waals surface area contributed by atoms with Crippen LogP contribution in [0, 0.1) is 6.92 Å². The third-order valence-electron chi connectivity index (χ3n) is 5.50. The van der Waals surface area contributed by atoms with Crippen LogP contribution in [-0.4, -0.2) is 32.3 Å². The molecule has 1 N–H and O–H groups in total. The number of sulfonamides is 1. The van der Waals surface area contributed by atoms with Crippen LogP contribution in [0.5, 0.6) is 11.5 Å². The van der Waals surface area contributed by atoms with E-state index in [0.29, 0.717) is 35.8 Å². The molecule has 6 nitrogen and oxygen atoms in total. The van der Waals surface area contributed by atoms with Crippen LogP contribution in [0.15, 0.2) is 77.7 Å². The van der Waals surface area contributed by atoms with Gasteiger partial charge in [-0.15, -0.1) is 0 Å². The van der Waals surface area contributed by atoms with Crippen LogP contribution in [0.4, 0.5) is 5.69 Å². The Kier molecular flexibility index (Phi) is 6.46. The van der Waals surface area contributed by atoms with Crippen molar-refractivity contribution in [2.75, 3.05) is 17.8 Å². The number of anilines is 1. The van der Waals surface area contributed by atoms with E-state index in [4.69, 9.17) is 4.74 Å². The van der Waals surface area contributed by atoms with Crippen molar-refractivity contribution >= 4 is 21.6 Å². The van der Waals surface area contributed by atoms with E-state index in [1.54, 1.807) is 47.4 Å². The first-order chi connectivity index (χ1) is 15.4. The molecule has 0 saturated carbocycles. The van der Waals surface area contributed by atoms with Crippen LogP contribution < -0.4 is 9.46 Å². The SMILES string of the molecule is Cc1ccc(S(=O)(=O)Nc2ccccc2Oc2ccccc2)cc1C(=O)N1CCCCC1. The van der Waals surface area contributed by atoms with Crippen LogP contribution in [0.25, 0.3) is 0 Å². The third-order valence-corrected chi connectivity index (χ3v) is 6.86. The summed E-state index contributed by atoms with van der Waals surface area (Å²) in [7, 11) is -3.93. The predicted molar refractivity (Wildman–Crippen MR) is 125 cm³/mol. The van der Waals surface area contributed by atoms with Gasteiger partial charge in [-0.1, -0.05) is 36.4 Å². The lowest BCUT2D eigenvalue weighted by atomic mass is 10.1. The van der Waals surface area contributed by atoms with Crippen LogP contribution in [0.3, 0.4) is 0 Å². The van der Waals surface area contributed by atoms with Gasteiger partial charge in [0, 0.05) is 18.7 Å². The fraction of sp³-hybridized carbons (Fsp3) is 0.240. The number of hydrogen-bond acceptors (Lipinski definition) is 4. The van der Waals surface area contributed by atoms with Crippen molar-refractivity contribution in [1.82, 2.24) is 4.90 Å². The summed E-state index contributed by atoms with van der Waals surface area (Å²) in [5.74, 6) is 0.870. The van der Waals surface area contributed by atoms with E-state index in [2.05, 4.69) is 4.72 Å². The van der Waals surface area contributed by atoms with Gasteiger partial charge < -0.3 is 9.64 Å². The Morgan fingerprint density at radius 2 is 1.59 bits per heavy atom. The van der Waals surface area contributed by atoms with Crippen LogP contribution in [0.1, 0.15) is 35.2 Å². The first-order valence-corrected chi connectivity index (χ1v) is 12.2. The van der Waals surface area contributed by atoms with Crippen molar-refractivity contribution in [1.29, 1.82) is 0 Å². The molecule has 1 saturated heterocycles. The quantitative estimate of drug-likeness (QED) is 0.559. The van der Waals surface area contributed by atoms with Crippen molar-refractivity contribution in [2.45, 2.75) is 31.1 Å². The number of nitrogens with zero attached hydrogens (tertiary/aromatic N) is 1. The second kappa shape index (κ2) is 9.44. The van der Waals surface area contributed by atoms with E-state index in [1.165, 1.54) is 12.1 Å². The summed E-state index contributed by atoms with van der Waals surface area (Å²) >= 11 is 0. The number of carbonyl (C=O) groups excluding carboxylic acids is 1. The number of nitrogens with one attached hydrogen (secondary N) is 1. The van der Waals surface area contributed by atoms with E-state index in [0.717, 1.165) is 24.8 Å². The Hall–Kier alpha value is -3.32. The molecule has 0 spiro atoms. The molecule has 0 unspecified atom stereocenters. The number of benzene rings is 3. The molecule has 166 valence electrons. The first kappa shape index (κ1) is 21.9. The largest absolute Gasteiger partial charge is 0.455 e. The average molecular weight is 451 g/mol. The second-order valence-corrected chi connectivity index (χ2v) is 9.53. The highest BCUT2D eigenvalue weighted by Gasteiger charge is 2.23. The molecule has 4 rings (SSSR count). The molecule has 0 aliphatic carbocycles. The summed E-state index contributed by atoms with van der Waals surface area (Å²) in [6.45, 7) is 3.24. The van der Waals surface area contributed by atoms with Crippen molar-refractivity contribution in [3.8, 4) is 11.5 Å². The van der Waals surface area contributed by atoms with Gasteiger partial charge in [0.15, 0.2) is 5.75 Å². The number of rotatable bonds is 6. The van der Waals surface area contributed by atoms with Crippen LogP contribution in [0.2, 0.25) is 0 Å². The Bertz CT molecular complexity index is 1200. The number of carbonyl (C=O) groups is 1. The number of amides is 1.